The summed E-state index contributed by atoms with van der Waals surface area (Å²) in [5.74, 6) is 3.90. The van der Waals surface area contributed by atoms with Crippen LogP contribution in [-0.4, -0.2) is 21.6 Å². The quantitative estimate of drug-likeness (QED) is 0.505. The highest BCUT2D eigenvalue weighted by Crippen LogP contribution is 2.30. The fourth-order valence-electron chi connectivity index (χ4n) is 2.59. The maximum Gasteiger partial charge on any atom is 0.0318 e. The van der Waals surface area contributed by atoms with Gasteiger partial charge in [0, 0.05) is 11.5 Å². The molecule has 2 atom stereocenters. The third kappa shape index (κ3) is 8.18. The summed E-state index contributed by atoms with van der Waals surface area (Å²) in [4.78, 5) is 0. The van der Waals surface area contributed by atoms with Gasteiger partial charge >= 0.3 is 0 Å². The lowest BCUT2D eigenvalue weighted by Gasteiger charge is -2.32. The van der Waals surface area contributed by atoms with Crippen LogP contribution in [0.3, 0.4) is 0 Å². The van der Waals surface area contributed by atoms with E-state index in [0.29, 0.717) is 5.41 Å². The van der Waals surface area contributed by atoms with Crippen LogP contribution in [0.2, 0.25) is 0 Å². The summed E-state index contributed by atoms with van der Waals surface area (Å²) in [6, 6.07) is 0. The molecule has 0 aliphatic heterocycles. The van der Waals surface area contributed by atoms with Crippen LogP contribution in [0.25, 0.3) is 0 Å². The predicted octanol–water partition coefficient (Wildman–Crippen LogP) is 4.74. The minimum atomic E-state index is -1.94. The fraction of sp³-hybridized carbons (Fsp3) is 0.938. The molecule has 0 saturated heterocycles. The van der Waals surface area contributed by atoms with Gasteiger partial charge in [-0.2, -0.15) is 0 Å². The Kier molecular flexibility index (Phi) is 6.46. The van der Waals surface area contributed by atoms with Gasteiger partial charge in [-0.15, -0.1) is 0 Å². The van der Waals surface area contributed by atoms with Crippen LogP contribution in [0.1, 0.15) is 73.6 Å². The van der Waals surface area contributed by atoms with Crippen LogP contribution in [0.4, 0.5) is 0 Å². The van der Waals surface area contributed by atoms with Crippen molar-refractivity contribution in [3.05, 3.63) is 0 Å². The van der Waals surface area contributed by atoms with Crippen molar-refractivity contribution in [2.24, 2.45) is 10.8 Å². The van der Waals surface area contributed by atoms with E-state index < -0.39 is 9.52 Å². The summed E-state index contributed by atoms with van der Waals surface area (Å²) in [6.07, 6.45) is 7.85. The molecule has 0 bridgehead atoms. The van der Waals surface area contributed by atoms with Gasteiger partial charge in [-0.1, -0.05) is 60.8 Å². The highest BCUT2D eigenvalue weighted by molar-refractivity contribution is 8.00. The lowest BCUT2D eigenvalue weighted by atomic mass is 9.87. The van der Waals surface area contributed by atoms with Crippen molar-refractivity contribution in [1.29, 1.82) is 0 Å². The van der Waals surface area contributed by atoms with E-state index in [-0.39, 0.29) is 10.7 Å². The van der Waals surface area contributed by atoms with E-state index in [0.717, 1.165) is 6.42 Å². The Morgan fingerprint density at radius 2 is 1.50 bits per heavy atom. The largest absolute Gasteiger partial charge is 0.268 e. The second kappa shape index (κ2) is 6.45. The SMILES string of the molecule is C=S(C)(=O)C(CCCCCC(C)(C)C)C(C)(C)C. The topological polar surface area (TPSA) is 17.1 Å². The molecule has 0 N–H and O–H groups in total. The van der Waals surface area contributed by atoms with Crippen molar-refractivity contribution < 1.29 is 4.21 Å². The molecule has 0 spiro atoms. The molecule has 18 heavy (non-hydrogen) atoms. The van der Waals surface area contributed by atoms with Crippen molar-refractivity contribution >= 4 is 15.4 Å². The van der Waals surface area contributed by atoms with Crippen LogP contribution in [-0.2, 0) is 9.52 Å². The van der Waals surface area contributed by atoms with Crippen LogP contribution >= 0.6 is 0 Å². The molecule has 0 amide bonds. The average Bonchev–Trinajstić information content (AvgIpc) is 2.04. The van der Waals surface area contributed by atoms with Crippen molar-refractivity contribution in [3.63, 3.8) is 0 Å². The zero-order valence-electron chi connectivity index (χ0n) is 13.6. The third-order valence-corrected chi connectivity index (χ3v) is 5.61. The van der Waals surface area contributed by atoms with Crippen molar-refractivity contribution in [1.82, 2.24) is 0 Å². The van der Waals surface area contributed by atoms with E-state index in [1.54, 1.807) is 0 Å². The first-order valence-corrected chi connectivity index (χ1v) is 9.35. The lowest BCUT2D eigenvalue weighted by Crippen LogP contribution is -2.33. The number of unbranched alkanes of at least 4 members (excludes halogenated alkanes) is 2. The van der Waals surface area contributed by atoms with Gasteiger partial charge in [0.2, 0.25) is 0 Å². The molecule has 110 valence electrons. The van der Waals surface area contributed by atoms with Gasteiger partial charge in [-0.05, 0) is 39.1 Å². The first-order chi connectivity index (χ1) is 7.84. The van der Waals surface area contributed by atoms with Crippen molar-refractivity contribution in [2.45, 2.75) is 78.9 Å². The van der Waals surface area contributed by atoms with E-state index in [9.17, 15) is 4.21 Å². The highest BCUT2D eigenvalue weighted by Gasteiger charge is 2.28. The normalized spacial score (nSPS) is 18.4. The Hall–Kier alpha value is 0.0200. The molecule has 0 aromatic carbocycles. The minimum absolute atomic E-state index is 0.0949. The van der Waals surface area contributed by atoms with Gasteiger partial charge in [0.05, 0.1) is 0 Å². The van der Waals surface area contributed by atoms with E-state index >= 15 is 0 Å². The minimum Gasteiger partial charge on any atom is -0.268 e. The van der Waals surface area contributed by atoms with E-state index in [1.807, 2.05) is 6.26 Å². The molecule has 0 fully saturated rings. The van der Waals surface area contributed by atoms with Crippen LogP contribution in [0, 0.1) is 10.8 Å². The number of hydrogen-bond acceptors (Lipinski definition) is 1. The zero-order chi connectivity index (χ0) is 14.6. The molecule has 0 rings (SSSR count). The van der Waals surface area contributed by atoms with Crippen molar-refractivity contribution in [2.75, 3.05) is 6.26 Å². The monoisotopic (exact) mass is 274 g/mol. The molecular weight excluding hydrogens is 240 g/mol. The first-order valence-electron chi connectivity index (χ1n) is 7.15. The Morgan fingerprint density at radius 3 is 1.83 bits per heavy atom. The number of hydrogen-bond donors (Lipinski definition) is 0. The summed E-state index contributed by atoms with van der Waals surface area (Å²) in [6.45, 7) is 13.4. The van der Waals surface area contributed by atoms with Crippen molar-refractivity contribution in [3.8, 4) is 0 Å². The van der Waals surface area contributed by atoms with Gasteiger partial charge in [0.15, 0.2) is 0 Å². The molecule has 1 nitrogen and oxygen atoms in total. The van der Waals surface area contributed by atoms with Crippen LogP contribution in [0.5, 0.6) is 0 Å². The molecule has 0 aromatic heterocycles. The summed E-state index contributed by atoms with van der Waals surface area (Å²) < 4.78 is 12.2. The molecule has 0 saturated carbocycles. The molecule has 0 aliphatic carbocycles. The Balaban J connectivity index is 4.17. The van der Waals surface area contributed by atoms with Gasteiger partial charge in [-0.3, -0.25) is 4.21 Å². The van der Waals surface area contributed by atoms with E-state index in [4.69, 9.17) is 0 Å². The Labute approximate surface area is 116 Å². The molecule has 0 radical (unpaired) electrons. The first kappa shape index (κ1) is 18.0. The molecule has 0 aliphatic rings. The molecular formula is C16H34OS. The molecule has 2 heteroatoms. The second-order valence-corrected chi connectivity index (χ2v) is 10.8. The van der Waals surface area contributed by atoms with Gasteiger partial charge in [0.25, 0.3) is 0 Å². The van der Waals surface area contributed by atoms with Gasteiger partial charge in [0.1, 0.15) is 0 Å². The summed E-state index contributed by atoms with van der Waals surface area (Å²) in [5, 5.41) is 0.236. The van der Waals surface area contributed by atoms with Crippen LogP contribution < -0.4 is 0 Å². The predicted molar refractivity (Wildman–Crippen MR) is 87.0 cm³/mol. The zero-order valence-corrected chi connectivity index (χ0v) is 14.5. The smallest absolute Gasteiger partial charge is 0.0318 e. The fourth-order valence-corrected chi connectivity index (χ4v) is 4.75. The third-order valence-electron chi connectivity index (χ3n) is 3.46. The standard InChI is InChI=1S/C16H34OS/c1-15(2,3)13-11-9-10-12-14(16(4,5)6)18(7,8)17/h14H,7,9-13H2,1-6,8H3. The van der Waals surface area contributed by atoms with E-state index in [2.05, 4.69) is 47.4 Å². The summed E-state index contributed by atoms with van der Waals surface area (Å²) >= 11 is 0. The lowest BCUT2D eigenvalue weighted by molar-refractivity contribution is 0.341. The summed E-state index contributed by atoms with van der Waals surface area (Å²) in [5.41, 5.74) is 0.533. The Bertz CT molecular complexity index is 325. The Morgan fingerprint density at radius 1 is 1.00 bits per heavy atom. The van der Waals surface area contributed by atoms with Crippen LogP contribution in [0.15, 0.2) is 0 Å². The van der Waals surface area contributed by atoms with Gasteiger partial charge < -0.3 is 0 Å². The molecule has 0 aromatic rings. The van der Waals surface area contributed by atoms with E-state index in [1.165, 1.54) is 25.7 Å². The van der Waals surface area contributed by atoms with Gasteiger partial charge in [-0.25, -0.2) is 0 Å². The average molecular weight is 275 g/mol. The maximum absolute atomic E-state index is 12.2. The molecule has 2 unspecified atom stereocenters. The summed E-state index contributed by atoms with van der Waals surface area (Å²) in [7, 11) is -1.94. The highest BCUT2D eigenvalue weighted by atomic mass is 32.2. The maximum atomic E-state index is 12.2. The second-order valence-electron chi connectivity index (χ2n) is 8.09. The molecule has 0 heterocycles. The number of rotatable bonds is 6.